The maximum Gasteiger partial charge on any atom is 0.246 e. The largest absolute Gasteiger partial charge is 0.395 e. The summed E-state index contributed by atoms with van der Waals surface area (Å²) in [5.41, 5.74) is 0.775. The SMILES string of the molecule is O=C(C=Cc1ccc(Cl)c(Cl)c1)N1CCC(=O)N(CCN2C[C@H](O)C[C@H]2CO)CC1. The third kappa shape index (κ3) is 5.95. The van der Waals surface area contributed by atoms with Crippen LogP contribution < -0.4 is 0 Å². The molecule has 0 unspecified atom stereocenters. The lowest BCUT2D eigenvalue weighted by molar-refractivity contribution is -0.130. The van der Waals surface area contributed by atoms with Crippen molar-refractivity contribution in [3.05, 3.63) is 39.9 Å². The maximum absolute atomic E-state index is 12.6. The van der Waals surface area contributed by atoms with Crippen LogP contribution in [0.3, 0.4) is 0 Å². The van der Waals surface area contributed by atoms with Gasteiger partial charge in [-0.3, -0.25) is 14.5 Å². The first-order valence-electron chi connectivity index (χ1n) is 10.1. The Balaban J connectivity index is 1.52. The Hall–Kier alpha value is -1.64. The van der Waals surface area contributed by atoms with Crippen molar-refractivity contribution in [2.45, 2.75) is 25.0 Å². The molecular formula is C21H27Cl2N3O4. The third-order valence-corrected chi connectivity index (χ3v) is 6.37. The number of nitrogens with zero attached hydrogens (tertiary/aromatic N) is 3. The average molecular weight is 456 g/mol. The summed E-state index contributed by atoms with van der Waals surface area (Å²) in [6, 6.07) is 5.08. The van der Waals surface area contributed by atoms with E-state index in [-0.39, 0.29) is 30.9 Å². The Kier molecular flexibility index (Phi) is 8.13. The monoisotopic (exact) mass is 455 g/mol. The van der Waals surface area contributed by atoms with Crippen LogP contribution >= 0.6 is 23.2 Å². The zero-order chi connectivity index (χ0) is 21.7. The lowest BCUT2D eigenvalue weighted by Crippen LogP contribution is -2.42. The lowest BCUT2D eigenvalue weighted by atomic mass is 10.2. The van der Waals surface area contributed by atoms with Gasteiger partial charge in [0.05, 0.1) is 22.8 Å². The summed E-state index contributed by atoms with van der Waals surface area (Å²) in [5, 5.41) is 20.1. The van der Waals surface area contributed by atoms with Crippen LogP contribution in [0.15, 0.2) is 24.3 Å². The third-order valence-electron chi connectivity index (χ3n) is 5.64. The highest BCUT2D eigenvalue weighted by molar-refractivity contribution is 6.42. The van der Waals surface area contributed by atoms with Gasteiger partial charge in [0.25, 0.3) is 0 Å². The first kappa shape index (κ1) is 23.0. The van der Waals surface area contributed by atoms with Gasteiger partial charge < -0.3 is 20.0 Å². The van der Waals surface area contributed by atoms with Crippen LogP contribution in [0.5, 0.6) is 0 Å². The van der Waals surface area contributed by atoms with Gasteiger partial charge in [-0.2, -0.15) is 0 Å². The van der Waals surface area contributed by atoms with E-state index in [0.717, 1.165) is 5.56 Å². The highest BCUT2D eigenvalue weighted by Gasteiger charge is 2.31. The number of benzene rings is 1. The van der Waals surface area contributed by atoms with Gasteiger partial charge in [-0.05, 0) is 30.2 Å². The highest BCUT2D eigenvalue weighted by Crippen LogP contribution is 2.23. The van der Waals surface area contributed by atoms with E-state index in [1.165, 1.54) is 6.08 Å². The van der Waals surface area contributed by atoms with Crippen LogP contribution in [0.1, 0.15) is 18.4 Å². The Labute approximate surface area is 186 Å². The number of aliphatic hydroxyl groups excluding tert-OH is 2. The average Bonchev–Trinajstić information content (AvgIpc) is 2.99. The summed E-state index contributed by atoms with van der Waals surface area (Å²) in [4.78, 5) is 30.5. The molecule has 2 fully saturated rings. The summed E-state index contributed by atoms with van der Waals surface area (Å²) in [7, 11) is 0. The molecule has 30 heavy (non-hydrogen) atoms. The number of rotatable bonds is 6. The number of carbonyl (C=O) groups is 2. The van der Waals surface area contributed by atoms with E-state index >= 15 is 0 Å². The number of hydrogen-bond acceptors (Lipinski definition) is 5. The molecule has 2 saturated heterocycles. The zero-order valence-electron chi connectivity index (χ0n) is 16.7. The molecule has 0 radical (unpaired) electrons. The Morgan fingerprint density at radius 3 is 2.70 bits per heavy atom. The van der Waals surface area contributed by atoms with Gasteiger partial charge in [0, 0.05) is 57.8 Å². The summed E-state index contributed by atoms with van der Waals surface area (Å²) < 4.78 is 0. The first-order valence-corrected chi connectivity index (χ1v) is 10.9. The molecule has 7 nitrogen and oxygen atoms in total. The second kappa shape index (κ2) is 10.6. The number of carbonyl (C=O) groups excluding carboxylic acids is 2. The van der Waals surface area contributed by atoms with Gasteiger partial charge in [0.15, 0.2) is 0 Å². The number of amides is 2. The second-order valence-corrected chi connectivity index (χ2v) is 8.50. The predicted octanol–water partition coefficient (Wildman–Crippen LogP) is 1.50. The summed E-state index contributed by atoms with van der Waals surface area (Å²) >= 11 is 11.9. The van der Waals surface area contributed by atoms with Gasteiger partial charge in [0.1, 0.15) is 0 Å². The Morgan fingerprint density at radius 1 is 1.17 bits per heavy atom. The fraction of sp³-hybridized carbons (Fsp3) is 0.524. The molecule has 0 aliphatic carbocycles. The molecule has 1 aromatic carbocycles. The molecule has 1 aromatic rings. The molecule has 2 aliphatic heterocycles. The molecule has 2 heterocycles. The Bertz CT molecular complexity index is 804. The van der Waals surface area contributed by atoms with Crippen LogP contribution in [0.2, 0.25) is 10.0 Å². The molecule has 3 rings (SSSR count). The smallest absolute Gasteiger partial charge is 0.246 e. The Morgan fingerprint density at radius 2 is 1.97 bits per heavy atom. The summed E-state index contributed by atoms with van der Waals surface area (Å²) in [6.45, 7) is 2.92. The van der Waals surface area contributed by atoms with E-state index in [1.807, 2.05) is 4.90 Å². The van der Waals surface area contributed by atoms with Crippen LogP contribution in [0.4, 0.5) is 0 Å². The van der Waals surface area contributed by atoms with Crippen molar-refractivity contribution < 1.29 is 19.8 Å². The van der Waals surface area contributed by atoms with E-state index in [0.29, 0.717) is 55.7 Å². The van der Waals surface area contributed by atoms with Gasteiger partial charge in [-0.1, -0.05) is 29.3 Å². The molecule has 9 heteroatoms. The van der Waals surface area contributed by atoms with Crippen molar-refractivity contribution >= 4 is 41.1 Å². The molecular weight excluding hydrogens is 429 g/mol. The zero-order valence-corrected chi connectivity index (χ0v) is 18.2. The second-order valence-electron chi connectivity index (χ2n) is 7.68. The molecule has 0 spiro atoms. The van der Waals surface area contributed by atoms with Crippen molar-refractivity contribution in [1.29, 1.82) is 0 Å². The topological polar surface area (TPSA) is 84.3 Å². The van der Waals surface area contributed by atoms with Gasteiger partial charge in [-0.25, -0.2) is 0 Å². The lowest BCUT2D eigenvalue weighted by Gasteiger charge is -2.27. The molecule has 2 atom stereocenters. The minimum atomic E-state index is -0.433. The normalized spacial score (nSPS) is 23.4. The number of halogens is 2. The van der Waals surface area contributed by atoms with Crippen LogP contribution in [0, 0.1) is 0 Å². The molecule has 2 aliphatic rings. The van der Waals surface area contributed by atoms with Crippen LogP contribution in [-0.2, 0) is 9.59 Å². The molecule has 0 saturated carbocycles. The fourth-order valence-electron chi connectivity index (χ4n) is 3.88. The van der Waals surface area contributed by atoms with E-state index in [1.54, 1.807) is 34.1 Å². The van der Waals surface area contributed by atoms with Crippen molar-refractivity contribution in [3.63, 3.8) is 0 Å². The van der Waals surface area contributed by atoms with Crippen molar-refractivity contribution in [3.8, 4) is 0 Å². The molecule has 164 valence electrons. The van der Waals surface area contributed by atoms with Crippen LogP contribution in [0.25, 0.3) is 6.08 Å². The van der Waals surface area contributed by atoms with Crippen molar-refractivity contribution in [1.82, 2.24) is 14.7 Å². The first-order chi connectivity index (χ1) is 14.4. The van der Waals surface area contributed by atoms with Crippen LogP contribution in [-0.4, -0.2) is 94.7 Å². The summed E-state index contributed by atoms with van der Waals surface area (Å²) in [6.07, 6.45) is 3.56. The summed E-state index contributed by atoms with van der Waals surface area (Å²) in [5.74, 6) is -0.141. The molecule has 0 aromatic heterocycles. The van der Waals surface area contributed by atoms with Gasteiger partial charge in [0.2, 0.25) is 11.8 Å². The minimum Gasteiger partial charge on any atom is -0.395 e. The number of likely N-dealkylation sites (tertiary alicyclic amines) is 1. The standard InChI is InChI=1S/C21H27Cl2N3O4/c22-18-3-1-15(11-19(18)23)2-4-20(29)24-6-5-21(30)25(8-7-24)9-10-26-13-17(28)12-16(26)14-27/h1-4,11,16-17,27-28H,5-10,12-14H2/t16-,17+/m0/s1. The maximum atomic E-state index is 12.6. The van der Waals surface area contributed by atoms with E-state index in [4.69, 9.17) is 23.2 Å². The highest BCUT2D eigenvalue weighted by atomic mass is 35.5. The molecule has 2 amide bonds. The number of hydrogen-bond donors (Lipinski definition) is 2. The van der Waals surface area contributed by atoms with Crippen molar-refractivity contribution in [2.24, 2.45) is 0 Å². The number of β-amino-alcohol motifs (C(OH)–C–C–N with tert-alkyl or cyclic N) is 1. The van der Waals surface area contributed by atoms with Gasteiger partial charge in [-0.15, -0.1) is 0 Å². The van der Waals surface area contributed by atoms with Crippen molar-refractivity contribution in [2.75, 3.05) is 45.9 Å². The predicted molar refractivity (Wildman–Crippen MR) is 116 cm³/mol. The molecule has 0 bridgehead atoms. The van der Waals surface area contributed by atoms with E-state index in [9.17, 15) is 19.8 Å². The van der Waals surface area contributed by atoms with E-state index < -0.39 is 6.10 Å². The minimum absolute atomic E-state index is 0.00154. The quantitative estimate of drug-likeness (QED) is 0.634. The number of aliphatic hydroxyl groups is 2. The van der Waals surface area contributed by atoms with E-state index in [2.05, 4.69) is 0 Å². The molecule has 2 N–H and O–H groups in total. The fourth-order valence-corrected chi connectivity index (χ4v) is 4.19. The van der Waals surface area contributed by atoms with Gasteiger partial charge >= 0.3 is 0 Å².